The Morgan fingerprint density at radius 3 is 3.00 bits per heavy atom. The van der Waals surface area contributed by atoms with Gasteiger partial charge in [-0.05, 0) is 24.1 Å². The van der Waals surface area contributed by atoms with E-state index in [4.69, 9.17) is 11.6 Å². The standard InChI is InChI=1S/C13H11ClFNO2/c14-6-4-9-7-2-1-3-8(7)12(13(17)18)16-11(9)10(15)5-6/h1-2,4-5,7-8,12,16H,3H2,(H,17,18)/t7-,8+,12-/m1/s1. The molecule has 0 unspecified atom stereocenters. The first kappa shape index (κ1) is 11.5. The van der Waals surface area contributed by atoms with Crippen LogP contribution in [-0.2, 0) is 4.79 Å². The molecule has 94 valence electrons. The number of anilines is 1. The van der Waals surface area contributed by atoms with E-state index in [-0.39, 0.29) is 17.5 Å². The van der Waals surface area contributed by atoms with Gasteiger partial charge in [-0.1, -0.05) is 23.8 Å². The third-order valence-electron chi connectivity index (χ3n) is 3.65. The predicted octanol–water partition coefficient (Wildman–Crippen LogP) is 3.02. The van der Waals surface area contributed by atoms with E-state index in [9.17, 15) is 14.3 Å². The molecule has 1 aromatic carbocycles. The van der Waals surface area contributed by atoms with Gasteiger partial charge in [-0.15, -0.1) is 0 Å². The van der Waals surface area contributed by atoms with Gasteiger partial charge in [0.25, 0.3) is 0 Å². The lowest BCUT2D eigenvalue weighted by molar-refractivity contribution is -0.139. The summed E-state index contributed by atoms with van der Waals surface area (Å²) >= 11 is 5.86. The molecule has 0 fully saturated rings. The summed E-state index contributed by atoms with van der Waals surface area (Å²) in [6, 6.07) is 2.15. The SMILES string of the molecule is O=C(O)[C@@H]1Nc2c(F)cc(Cl)cc2[C@@H]2C=CC[C@H]12. The van der Waals surface area contributed by atoms with Crippen LogP contribution >= 0.6 is 11.6 Å². The molecular weight excluding hydrogens is 257 g/mol. The molecule has 0 bridgehead atoms. The number of carboxylic acid groups (broad SMARTS) is 1. The number of hydrogen-bond donors (Lipinski definition) is 2. The maximum absolute atomic E-state index is 13.9. The van der Waals surface area contributed by atoms with Crippen molar-refractivity contribution in [3.05, 3.63) is 40.7 Å². The summed E-state index contributed by atoms with van der Waals surface area (Å²) < 4.78 is 13.9. The van der Waals surface area contributed by atoms with Gasteiger partial charge in [0, 0.05) is 16.9 Å². The molecule has 0 amide bonds. The summed E-state index contributed by atoms with van der Waals surface area (Å²) in [5.74, 6) is -1.60. The number of carboxylic acids is 1. The molecule has 0 saturated heterocycles. The van der Waals surface area contributed by atoms with E-state index in [1.807, 2.05) is 12.2 Å². The Balaban J connectivity index is 2.14. The van der Waals surface area contributed by atoms with Gasteiger partial charge >= 0.3 is 5.97 Å². The number of carbonyl (C=O) groups is 1. The molecular formula is C13H11ClFNO2. The Morgan fingerprint density at radius 1 is 1.50 bits per heavy atom. The van der Waals surface area contributed by atoms with Crippen molar-refractivity contribution in [3.8, 4) is 0 Å². The van der Waals surface area contributed by atoms with E-state index in [1.54, 1.807) is 6.07 Å². The van der Waals surface area contributed by atoms with Crippen LogP contribution in [0.25, 0.3) is 0 Å². The van der Waals surface area contributed by atoms with Crippen molar-refractivity contribution in [3.63, 3.8) is 0 Å². The van der Waals surface area contributed by atoms with Crippen LogP contribution in [0.15, 0.2) is 24.3 Å². The van der Waals surface area contributed by atoms with Gasteiger partial charge in [0.2, 0.25) is 0 Å². The molecule has 0 saturated carbocycles. The molecule has 1 aromatic rings. The summed E-state index contributed by atoms with van der Waals surface area (Å²) in [5.41, 5.74) is 1.01. The molecule has 2 N–H and O–H groups in total. The number of rotatable bonds is 1. The number of halogens is 2. The molecule has 3 rings (SSSR count). The quantitative estimate of drug-likeness (QED) is 0.769. The summed E-state index contributed by atoms with van der Waals surface area (Å²) in [4.78, 5) is 11.2. The van der Waals surface area contributed by atoms with Crippen molar-refractivity contribution >= 4 is 23.3 Å². The van der Waals surface area contributed by atoms with Crippen LogP contribution in [0.2, 0.25) is 5.02 Å². The second kappa shape index (κ2) is 3.99. The van der Waals surface area contributed by atoms with Crippen molar-refractivity contribution in [1.29, 1.82) is 0 Å². The molecule has 5 heteroatoms. The topological polar surface area (TPSA) is 49.3 Å². The number of hydrogen-bond acceptors (Lipinski definition) is 2. The number of benzene rings is 1. The molecule has 2 aliphatic rings. The molecule has 18 heavy (non-hydrogen) atoms. The first-order valence-corrected chi connectivity index (χ1v) is 6.10. The van der Waals surface area contributed by atoms with Crippen molar-refractivity contribution in [1.82, 2.24) is 0 Å². The van der Waals surface area contributed by atoms with E-state index in [2.05, 4.69) is 5.32 Å². The third kappa shape index (κ3) is 1.60. The fourth-order valence-corrected chi connectivity index (χ4v) is 3.08. The van der Waals surface area contributed by atoms with Gasteiger partial charge in [-0.25, -0.2) is 9.18 Å². The van der Waals surface area contributed by atoms with Crippen LogP contribution in [0.3, 0.4) is 0 Å². The zero-order valence-electron chi connectivity index (χ0n) is 9.36. The van der Waals surface area contributed by atoms with Crippen molar-refractivity contribution in [2.45, 2.75) is 18.4 Å². The molecule has 0 radical (unpaired) electrons. The molecule has 0 spiro atoms. The van der Waals surface area contributed by atoms with Crippen LogP contribution in [0, 0.1) is 11.7 Å². The average Bonchev–Trinajstić information content (AvgIpc) is 2.76. The number of nitrogens with one attached hydrogen (secondary N) is 1. The Morgan fingerprint density at radius 2 is 2.28 bits per heavy atom. The predicted molar refractivity (Wildman–Crippen MR) is 66.4 cm³/mol. The first-order chi connectivity index (χ1) is 8.58. The molecule has 1 heterocycles. The Bertz CT molecular complexity index is 558. The smallest absolute Gasteiger partial charge is 0.326 e. The van der Waals surface area contributed by atoms with E-state index in [1.165, 1.54) is 6.07 Å². The van der Waals surface area contributed by atoms with Crippen molar-refractivity contribution < 1.29 is 14.3 Å². The minimum absolute atomic E-state index is 0.0736. The molecule has 1 aliphatic heterocycles. The van der Waals surface area contributed by atoms with Crippen molar-refractivity contribution in [2.75, 3.05) is 5.32 Å². The van der Waals surface area contributed by atoms with E-state index in [0.717, 1.165) is 5.56 Å². The summed E-state index contributed by atoms with van der Waals surface area (Å²) in [5, 5.41) is 12.3. The molecule has 1 aliphatic carbocycles. The first-order valence-electron chi connectivity index (χ1n) is 5.73. The number of fused-ring (bicyclic) bond motifs is 3. The summed E-state index contributed by atoms with van der Waals surface area (Å²) in [6.45, 7) is 0. The van der Waals surface area contributed by atoms with Crippen LogP contribution in [0.5, 0.6) is 0 Å². The van der Waals surface area contributed by atoms with Crippen LogP contribution in [-0.4, -0.2) is 17.1 Å². The lowest BCUT2D eigenvalue weighted by atomic mass is 9.79. The zero-order chi connectivity index (χ0) is 12.9. The maximum Gasteiger partial charge on any atom is 0.326 e. The largest absolute Gasteiger partial charge is 0.480 e. The van der Waals surface area contributed by atoms with E-state index in [0.29, 0.717) is 11.4 Å². The highest BCUT2D eigenvalue weighted by molar-refractivity contribution is 6.30. The van der Waals surface area contributed by atoms with Crippen molar-refractivity contribution in [2.24, 2.45) is 5.92 Å². The van der Waals surface area contributed by atoms with Crippen LogP contribution < -0.4 is 5.32 Å². The van der Waals surface area contributed by atoms with Gasteiger partial charge in [0.1, 0.15) is 11.9 Å². The van der Waals surface area contributed by atoms with E-state index < -0.39 is 17.8 Å². The number of allylic oxidation sites excluding steroid dienone is 2. The Labute approximate surface area is 108 Å². The zero-order valence-corrected chi connectivity index (χ0v) is 10.1. The lowest BCUT2D eigenvalue weighted by Crippen LogP contribution is -2.42. The highest BCUT2D eigenvalue weighted by Crippen LogP contribution is 2.46. The minimum atomic E-state index is -0.950. The molecule has 3 atom stereocenters. The Kier molecular flexibility index (Phi) is 2.55. The maximum atomic E-state index is 13.9. The highest BCUT2D eigenvalue weighted by Gasteiger charge is 2.41. The second-order valence-corrected chi connectivity index (χ2v) is 5.10. The molecule has 3 nitrogen and oxygen atoms in total. The fourth-order valence-electron chi connectivity index (χ4n) is 2.87. The number of aliphatic carboxylic acids is 1. The van der Waals surface area contributed by atoms with Gasteiger partial charge in [-0.2, -0.15) is 0 Å². The molecule has 0 aromatic heterocycles. The summed E-state index contributed by atoms with van der Waals surface area (Å²) in [6.07, 6.45) is 4.57. The monoisotopic (exact) mass is 267 g/mol. The minimum Gasteiger partial charge on any atom is -0.480 e. The van der Waals surface area contributed by atoms with Gasteiger partial charge in [0.05, 0.1) is 5.69 Å². The average molecular weight is 268 g/mol. The van der Waals surface area contributed by atoms with Crippen LogP contribution in [0.4, 0.5) is 10.1 Å². The van der Waals surface area contributed by atoms with Gasteiger partial charge < -0.3 is 10.4 Å². The normalized spacial score (nSPS) is 28.4. The van der Waals surface area contributed by atoms with E-state index >= 15 is 0 Å². The fraction of sp³-hybridized carbons (Fsp3) is 0.308. The van der Waals surface area contributed by atoms with Gasteiger partial charge in [-0.3, -0.25) is 0 Å². The lowest BCUT2D eigenvalue weighted by Gasteiger charge is -2.34. The third-order valence-corrected chi connectivity index (χ3v) is 3.87. The second-order valence-electron chi connectivity index (χ2n) is 4.67. The summed E-state index contributed by atoms with van der Waals surface area (Å²) in [7, 11) is 0. The van der Waals surface area contributed by atoms with Gasteiger partial charge in [0.15, 0.2) is 0 Å². The highest BCUT2D eigenvalue weighted by atomic mass is 35.5. The van der Waals surface area contributed by atoms with Crippen LogP contribution in [0.1, 0.15) is 17.9 Å². The Hall–Kier alpha value is -1.55.